The number of thiazole rings is 1. The second kappa shape index (κ2) is 9.99. The van der Waals surface area contributed by atoms with Crippen LogP contribution in [0.4, 0.5) is 0 Å². The van der Waals surface area contributed by atoms with Crippen molar-refractivity contribution < 1.29 is 18.7 Å². The maximum Gasteiger partial charge on any atom is 0.338 e. The molecule has 2 aromatic heterocycles. The lowest BCUT2D eigenvalue weighted by Crippen LogP contribution is -2.39. The monoisotopic (exact) mass is 512 g/mol. The molecule has 0 unspecified atom stereocenters. The van der Waals surface area contributed by atoms with E-state index in [0.717, 1.165) is 11.1 Å². The Balaban J connectivity index is 1.59. The minimum atomic E-state index is -0.648. The van der Waals surface area contributed by atoms with Crippen LogP contribution in [-0.2, 0) is 9.53 Å². The molecule has 1 aliphatic rings. The average molecular weight is 513 g/mol. The van der Waals surface area contributed by atoms with Crippen LogP contribution in [0.15, 0.2) is 92.2 Å². The molecular formula is C29H24N2O5S. The zero-order valence-corrected chi connectivity index (χ0v) is 21.4. The van der Waals surface area contributed by atoms with E-state index in [1.807, 2.05) is 48.5 Å². The molecule has 0 saturated heterocycles. The van der Waals surface area contributed by atoms with Crippen molar-refractivity contribution in [3.05, 3.63) is 115 Å². The Morgan fingerprint density at radius 1 is 1.08 bits per heavy atom. The van der Waals surface area contributed by atoms with Crippen molar-refractivity contribution in [2.75, 3.05) is 6.61 Å². The topological polar surface area (TPSA) is 90.9 Å². The molecule has 4 aromatic rings. The summed E-state index contributed by atoms with van der Waals surface area (Å²) >= 11 is 1.24. The summed E-state index contributed by atoms with van der Waals surface area (Å²) in [5.74, 6) is 0.640. The lowest BCUT2D eigenvalue weighted by atomic mass is 9.96. The Labute approximate surface area is 216 Å². The second-order valence-corrected chi connectivity index (χ2v) is 9.56. The molecule has 8 heteroatoms. The van der Waals surface area contributed by atoms with Gasteiger partial charge in [0, 0.05) is 17.2 Å². The van der Waals surface area contributed by atoms with E-state index in [1.54, 1.807) is 42.7 Å². The summed E-state index contributed by atoms with van der Waals surface area (Å²) < 4.78 is 13.3. The summed E-state index contributed by atoms with van der Waals surface area (Å²) in [5, 5.41) is 0. The van der Waals surface area contributed by atoms with Crippen molar-refractivity contribution in [1.29, 1.82) is 0 Å². The largest absolute Gasteiger partial charge is 0.463 e. The number of esters is 1. The molecule has 0 fully saturated rings. The third kappa shape index (κ3) is 4.63. The lowest BCUT2D eigenvalue weighted by molar-refractivity contribution is -0.139. The van der Waals surface area contributed by atoms with Crippen LogP contribution in [0, 0.1) is 0 Å². The van der Waals surface area contributed by atoms with Gasteiger partial charge in [0.1, 0.15) is 11.5 Å². The fourth-order valence-electron chi connectivity index (χ4n) is 4.33. The number of allylic oxidation sites excluding steroid dienone is 1. The Bertz CT molecular complexity index is 1710. The molecule has 1 atom stereocenters. The zero-order valence-electron chi connectivity index (χ0n) is 20.6. The highest BCUT2D eigenvalue weighted by Gasteiger charge is 2.33. The summed E-state index contributed by atoms with van der Waals surface area (Å²) in [6.45, 7) is 5.25. The van der Waals surface area contributed by atoms with Crippen LogP contribution in [-0.4, -0.2) is 22.9 Å². The van der Waals surface area contributed by atoms with Gasteiger partial charge in [-0.05, 0) is 38.5 Å². The van der Waals surface area contributed by atoms with Crippen LogP contribution >= 0.6 is 11.3 Å². The van der Waals surface area contributed by atoms with Gasteiger partial charge in [-0.1, -0.05) is 65.9 Å². The first kappa shape index (κ1) is 24.4. The highest BCUT2D eigenvalue weighted by atomic mass is 32.1. The molecule has 1 aliphatic heterocycles. The van der Waals surface area contributed by atoms with E-state index in [-0.39, 0.29) is 17.9 Å². The molecule has 186 valence electrons. The summed E-state index contributed by atoms with van der Waals surface area (Å²) in [4.78, 5) is 43.2. The highest BCUT2D eigenvalue weighted by molar-refractivity contribution is 7.07. The number of fused-ring (bicyclic) bond motifs is 1. The molecular weight excluding hydrogens is 488 g/mol. The van der Waals surface area contributed by atoms with Crippen molar-refractivity contribution >= 4 is 29.2 Å². The van der Waals surface area contributed by atoms with Gasteiger partial charge in [-0.25, -0.2) is 9.79 Å². The Morgan fingerprint density at radius 3 is 2.49 bits per heavy atom. The highest BCUT2D eigenvalue weighted by Crippen LogP contribution is 2.30. The number of carbonyl (C=O) groups excluding carboxylic acids is 2. The molecule has 0 radical (unpaired) electrons. The van der Waals surface area contributed by atoms with E-state index in [4.69, 9.17) is 9.15 Å². The van der Waals surface area contributed by atoms with Gasteiger partial charge in [0.2, 0.25) is 0 Å². The van der Waals surface area contributed by atoms with Gasteiger partial charge in [-0.15, -0.1) is 0 Å². The van der Waals surface area contributed by atoms with Gasteiger partial charge in [0.15, 0.2) is 10.6 Å². The lowest BCUT2D eigenvalue weighted by Gasteiger charge is -2.24. The number of ether oxygens (including phenoxy) is 1. The molecule has 0 bridgehead atoms. The molecule has 3 heterocycles. The van der Waals surface area contributed by atoms with Gasteiger partial charge >= 0.3 is 5.97 Å². The fraction of sp³-hybridized carbons (Fsp3) is 0.172. The van der Waals surface area contributed by atoms with Crippen molar-refractivity contribution in [3.63, 3.8) is 0 Å². The molecule has 0 aliphatic carbocycles. The SMILES string of the molecule is CCOC(=O)C1=C(C)N=c2s/c(=C\c3ccc(-c4ccc(C(C)=O)cc4)o3)c(=O)n2[C@@H]1c1ccccc1. The Morgan fingerprint density at radius 2 is 1.81 bits per heavy atom. The Kier molecular flexibility index (Phi) is 6.58. The number of hydrogen-bond acceptors (Lipinski definition) is 7. The first-order valence-corrected chi connectivity index (χ1v) is 12.6. The zero-order chi connectivity index (χ0) is 26.1. The number of Topliss-reactive ketones (excluding diaryl/α,β-unsaturated/α-hetero) is 1. The number of hydrogen-bond donors (Lipinski definition) is 0. The van der Waals surface area contributed by atoms with Crippen molar-refractivity contribution in [3.8, 4) is 11.3 Å². The number of carbonyl (C=O) groups is 2. The van der Waals surface area contributed by atoms with Gasteiger partial charge in [0.05, 0.1) is 28.5 Å². The summed E-state index contributed by atoms with van der Waals surface area (Å²) in [5.41, 5.74) is 2.85. The molecule has 0 saturated carbocycles. The van der Waals surface area contributed by atoms with Crippen molar-refractivity contribution in [2.45, 2.75) is 26.8 Å². The van der Waals surface area contributed by atoms with E-state index in [0.29, 0.717) is 37.7 Å². The van der Waals surface area contributed by atoms with Gasteiger partial charge < -0.3 is 9.15 Å². The van der Waals surface area contributed by atoms with Crippen LogP contribution in [0.5, 0.6) is 0 Å². The maximum atomic E-state index is 13.6. The minimum Gasteiger partial charge on any atom is -0.463 e. The molecule has 0 spiro atoms. The number of furan rings is 1. The number of benzene rings is 2. The molecule has 37 heavy (non-hydrogen) atoms. The van der Waals surface area contributed by atoms with Crippen LogP contribution in [0.3, 0.4) is 0 Å². The number of rotatable bonds is 6. The van der Waals surface area contributed by atoms with E-state index in [1.165, 1.54) is 18.3 Å². The second-order valence-electron chi connectivity index (χ2n) is 8.55. The number of aromatic nitrogens is 1. The van der Waals surface area contributed by atoms with Crippen molar-refractivity contribution in [2.24, 2.45) is 4.99 Å². The third-order valence-corrected chi connectivity index (χ3v) is 7.09. The van der Waals surface area contributed by atoms with E-state index in [9.17, 15) is 14.4 Å². The van der Waals surface area contributed by atoms with E-state index in [2.05, 4.69) is 4.99 Å². The maximum absolute atomic E-state index is 13.6. The molecule has 0 N–H and O–H groups in total. The van der Waals surface area contributed by atoms with Crippen molar-refractivity contribution in [1.82, 2.24) is 4.57 Å². The molecule has 5 rings (SSSR count). The third-order valence-electron chi connectivity index (χ3n) is 6.11. The standard InChI is InChI=1S/C29H24N2O5S/c1-4-35-28(34)25-17(2)30-29-31(26(25)21-8-6-5-7-9-21)27(33)24(37-29)16-22-14-15-23(36-22)20-12-10-19(11-13-20)18(3)32/h5-16,26H,4H2,1-3H3/b24-16-/t26-/m1/s1. The predicted octanol–water partition coefficient (Wildman–Crippen LogP) is 4.26. The Hall–Kier alpha value is -4.30. The smallest absolute Gasteiger partial charge is 0.338 e. The molecule has 7 nitrogen and oxygen atoms in total. The molecule has 0 amide bonds. The minimum absolute atomic E-state index is 0.00258. The van der Waals surface area contributed by atoms with Crippen LogP contribution in [0.2, 0.25) is 0 Å². The summed E-state index contributed by atoms with van der Waals surface area (Å²) in [6, 6.07) is 19.5. The first-order chi connectivity index (χ1) is 17.9. The van der Waals surface area contributed by atoms with E-state index < -0.39 is 12.0 Å². The van der Waals surface area contributed by atoms with Gasteiger partial charge in [-0.2, -0.15) is 0 Å². The normalized spacial score (nSPS) is 15.3. The van der Waals surface area contributed by atoms with Crippen LogP contribution in [0.1, 0.15) is 48.5 Å². The predicted molar refractivity (Wildman–Crippen MR) is 141 cm³/mol. The van der Waals surface area contributed by atoms with Gasteiger partial charge in [0.25, 0.3) is 5.56 Å². The quantitative estimate of drug-likeness (QED) is 0.284. The number of nitrogens with zero attached hydrogens (tertiary/aromatic N) is 2. The van der Waals surface area contributed by atoms with Gasteiger partial charge in [-0.3, -0.25) is 14.2 Å². The van der Waals surface area contributed by atoms with Crippen LogP contribution < -0.4 is 14.9 Å². The molecule has 2 aromatic carbocycles. The number of ketones is 1. The van der Waals surface area contributed by atoms with E-state index >= 15 is 0 Å². The fourth-order valence-corrected chi connectivity index (χ4v) is 5.35. The first-order valence-electron chi connectivity index (χ1n) is 11.8. The average Bonchev–Trinajstić information content (AvgIpc) is 3.48. The summed E-state index contributed by atoms with van der Waals surface area (Å²) in [6.07, 6.45) is 1.68. The van der Waals surface area contributed by atoms with Crippen LogP contribution in [0.25, 0.3) is 17.4 Å². The summed E-state index contributed by atoms with van der Waals surface area (Å²) in [7, 11) is 0.